The van der Waals surface area contributed by atoms with Crippen molar-refractivity contribution in [1.29, 1.82) is 0 Å². The molecule has 0 amide bonds. The second-order valence-corrected chi connectivity index (χ2v) is 20.7. The summed E-state index contributed by atoms with van der Waals surface area (Å²) in [5, 5.41) is 0. The minimum Gasteiger partial charge on any atom is -1.00 e. The maximum atomic E-state index is 2.66. The van der Waals surface area contributed by atoms with Crippen molar-refractivity contribution >= 4 is 0 Å². The average Bonchev–Trinajstić information content (AvgIpc) is 3.22. The summed E-state index contributed by atoms with van der Waals surface area (Å²) in [5.41, 5.74) is 5.51. The summed E-state index contributed by atoms with van der Waals surface area (Å²) in [5.74, 6) is 0. The van der Waals surface area contributed by atoms with Crippen molar-refractivity contribution in [3.8, 4) is 0 Å². The van der Waals surface area contributed by atoms with Crippen LogP contribution < -0.4 is 17.0 Å². The van der Waals surface area contributed by atoms with Crippen molar-refractivity contribution in [2.75, 3.05) is 21.1 Å². The van der Waals surface area contributed by atoms with Crippen LogP contribution in [0, 0.1) is 0 Å². The molecule has 0 atom stereocenters. The highest BCUT2D eigenvalue weighted by Gasteiger charge is 2.45. The molecule has 1 rings (SSSR count). The Morgan fingerprint density at radius 3 is 0.900 bits per heavy atom. The van der Waals surface area contributed by atoms with Gasteiger partial charge in [-0.05, 0) is 49.7 Å². The van der Waals surface area contributed by atoms with E-state index >= 15 is 0 Å². The third-order valence-electron chi connectivity index (χ3n) is 14.5. The molecular formula is C58H112BrN. The zero-order chi connectivity index (χ0) is 43.0. The van der Waals surface area contributed by atoms with Crippen LogP contribution in [0.4, 0.5) is 0 Å². The molecule has 0 aromatic heterocycles. The molecule has 0 aliphatic heterocycles. The van der Waals surface area contributed by atoms with E-state index in [1.54, 1.807) is 16.7 Å². The molecule has 1 aromatic rings. The Bertz CT molecular complexity index is 984. The zero-order valence-electron chi connectivity index (χ0n) is 42.7. The van der Waals surface area contributed by atoms with Gasteiger partial charge in [0.1, 0.15) is 5.54 Å². The Morgan fingerprint density at radius 1 is 0.333 bits per heavy atom. The Balaban J connectivity index is 0.0000348. The maximum Gasteiger partial charge on any atom is 0.124 e. The SMILES string of the molecule is CCCCCCCCCCCCc1cccc(C(CCCCCCCCCCCC)(CCCCCCCCCCCC)[N+](C)(C)C)c1CCCCCCCCCCCC.[Br-]. The molecule has 0 heterocycles. The van der Waals surface area contributed by atoms with E-state index in [0.717, 1.165) is 4.48 Å². The average molecular weight is 903 g/mol. The molecule has 0 saturated heterocycles. The number of benzene rings is 1. The lowest BCUT2D eigenvalue weighted by Gasteiger charge is -2.48. The lowest BCUT2D eigenvalue weighted by atomic mass is 9.73. The Hall–Kier alpha value is -0.340. The normalized spacial score (nSPS) is 12.1. The number of rotatable bonds is 46. The van der Waals surface area contributed by atoms with Crippen LogP contribution in [0.25, 0.3) is 0 Å². The largest absolute Gasteiger partial charge is 1.00 e. The van der Waals surface area contributed by atoms with Gasteiger partial charge in [0.15, 0.2) is 0 Å². The standard InChI is InChI=1S/C58H112N.BrH/c1-8-12-16-20-24-28-32-36-40-44-49-55-50-48-52-57(56(55)51-45-41-37-33-29-25-21-17-13-9-2)58(59(5,6)7,53-46-42-38-34-30-26-22-18-14-10-3)54-47-43-39-35-31-27-23-19-15-11-4;/h48,50,52H,8-47,49,51,53-54H2,1-7H3;1H/q+1;/p-1. The lowest BCUT2D eigenvalue weighted by Crippen LogP contribution is -3.00. The molecular weight excluding hydrogens is 791 g/mol. The van der Waals surface area contributed by atoms with E-state index in [1.807, 2.05) is 0 Å². The maximum absolute atomic E-state index is 2.66. The first-order chi connectivity index (χ1) is 28.9. The van der Waals surface area contributed by atoms with E-state index < -0.39 is 0 Å². The molecule has 0 bridgehead atoms. The van der Waals surface area contributed by atoms with E-state index in [2.05, 4.69) is 67.0 Å². The highest BCUT2D eigenvalue weighted by atomic mass is 79.9. The van der Waals surface area contributed by atoms with Crippen LogP contribution in [0.2, 0.25) is 0 Å². The third-order valence-corrected chi connectivity index (χ3v) is 14.5. The van der Waals surface area contributed by atoms with Crippen molar-refractivity contribution in [1.82, 2.24) is 0 Å². The van der Waals surface area contributed by atoms with Gasteiger partial charge in [0.05, 0.1) is 21.1 Å². The molecule has 1 aromatic carbocycles. The molecule has 0 fully saturated rings. The number of hydrogen-bond acceptors (Lipinski definition) is 0. The summed E-state index contributed by atoms with van der Waals surface area (Å²) in [6, 6.07) is 7.73. The van der Waals surface area contributed by atoms with Crippen molar-refractivity contribution in [2.24, 2.45) is 0 Å². The van der Waals surface area contributed by atoms with Crippen LogP contribution in [0.5, 0.6) is 0 Å². The first-order valence-corrected chi connectivity index (χ1v) is 27.8. The van der Waals surface area contributed by atoms with Crippen LogP contribution in [0.1, 0.15) is 314 Å². The highest BCUT2D eigenvalue weighted by molar-refractivity contribution is 5.40. The number of unbranched alkanes of at least 4 members (excludes halogenated alkanes) is 36. The zero-order valence-corrected chi connectivity index (χ0v) is 44.3. The van der Waals surface area contributed by atoms with E-state index in [-0.39, 0.29) is 22.5 Å². The van der Waals surface area contributed by atoms with Gasteiger partial charge in [0.25, 0.3) is 0 Å². The van der Waals surface area contributed by atoms with Gasteiger partial charge in [-0.2, -0.15) is 0 Å². The van der Waals surface area contributed by atoms with Crippen LogP contribution in [-0.2, 0) is 18.4 Å². The summed E-state index contributed by atoms with van der Waals surface area (Å²) in [7, 11) is 7.73. The molecule has 0 saturated carbocycles. The highest BCUT2D eigenvalue weighted by Crippen LogP contribution is 2.44. The second-order valence-electron chi connectivity index (χ2n) is 20.7. The molecule has 356 valence electrons. The van der Waals surface area contributed by atoms with Crippen molar-refractivity contribution in [3.63, 3.8) is 0 Å². The van der Waals surface area contributed by atoms with E-state index in [4.69, 9.17) is 0 Å². The van der Waals surface area contributed by atoms with Crippen molar-refractivity contribution in [2.45, 2.75) is 316 Å². The first-order valence-electron chi connectivity index (χ1n) is 27.8. The van der Waals surface area contributed by atoms with Gasteiger partial charge in [-0.15, -0.1) is 0 Å². The van der Waals surface area contributed by atoms with Crippen LogP contribution in [-0.4, -0.2) is 25.6 Å². The quantitative estimate of drug-likeness (QED) is 0.0452. The van der Waals surface area contributed by atoms with Gasteiger partial charge in [-0.25, -0.2) is 0 Å². The summed E-state index contributed by atoms with van der Waals surface area (Å²) in [6.45, 7) is 9.34. The monoisotopic (exact) mass is 902 g/mol. The number of hydrogen-bond donors (Lipinski definition) is 0. The second kappa shape index (κ2) is 42.6. The predicted octanol–water partition coefficient (Wildman–Crippen LogP) is 17.1. The van der Waals surface area contributed by atoms with E-state index in [0.29, 0.717) is 0 Å². The molecule has 0 aliphatic rings. The van der Waals surface area contributed by atoms with Gasteiger partial charge in [-0.1, -0.05) is 277 Å². The van der Waals surface area contributed by atoms with E-state index in [1.165, 1.54) is 283 Å². The minimum atomic E-state index is 0. The Kier molecular flexibility index (Phi) is 42.4. The Labute approximate surface area is 391 Å². The topological polar surface area (TPSA) is 0 Å². The molecule has 0 spiro atoms. The van der Waals surface area contributed by atoms with E-state index in [9.17, 15) is 0 Å². The van der Waals surface area contributed by atoms with Gasteiger partial charge in [0, 0.05) is 18.4 Å². The number of nitrogens with zero attached hydrogens (tertiary/aromatic N) is 1. The summed E-state index contributed by atoms with van der Waals surface area (Å²) in [4.78, 5) is 0. The van der Waals surface area contributed by atoms with Crippen molar-refractivity contribution in [3.05, 3.63) is 34.9 Å². The molecule has 2 heteroatoms. The molecule has 0 N–H and O–H groups in total. The van der Waals surface area contributed by atoms with Crippen LogP contribution in [0.15, 0.2) is 18.2 Å². The smallest absolute Gasteiger partial charge is 0.124 e. The summed E-state index contributed by atoms with van der Waals surface area (Å²) >= 11 is 0. The fourth-order valence-electron chi connectivity index (χ4n) is 10.4. The van der Waals surface area contributed by atoms with Gasteiger partial charge < -0.3 is 21.5 Å². The van der Waals surface area contributed by atoms with Gasteiger partial charge >= 0.3 is 0 Å². The lowest BCUT2D eigenvalue weighted by molar-refractivity contribution is -0.933. The van der Waals surface area contributed by atoms with Gasteiger partial charge in [-0.3, -0.25) is 0 Å². The fourth-order valence-corrected chi connectivity index (χ4v) is 10.4. The third kappa shape index (κ3) is 29.9. The molecule has 0 radical (unpaired) electrons. The minimum absolute atomic E-state index is 0. The number of quaternary nitrogens is 1. The van der Waals surface area contributed by atoms with Crippen molar-refractivity contribution < 1.29 is 21.5 Å². The van der Waals surface area contributed by atoms with Crippen LogP contribution >= 0.6 is 0 Å². The molecule has 0 unspecified atom stereocenters. The summed E-state index contributed by atoms with van der Waals surface area (Å²) < 4.78 is 1.08. The molecule has 0 aliphatic carbocycles. The summed E-state index contributed by atoms with van der Waals surface area (Å²) in [6.07, 6.45) is 62.4. The Morgan fingerprint density at radius 2 is 0.600 bits per heavy atom. The first kappa shape index (κ1) is 59.7. The number of halogens is 1. The molecule has 1 nitrogen and oxygen atoms in total. The molecule has 60 heavy (non-hydrogen) atoms. The van der Waals surface area contributed by atoms with Crippen LogP contribution in [0.3, 0.4) is 0 Å². The predicted molar refractivity (Wildman–Crippen MR) is 270 cm³/mol. The number of aryl methyl sites for hydroxylation is 1. The fraction of sp³-hybridized carbons (Fsp3) is 0.897. The van der Waals surface area contributed by atoms with Gasteiger partial charge in [0.2, 0.25) is 0 Å².